The van der Waals surface area contributed by atoms with Crippen LogP contribution in [0.5, 0.6) is 5.75 Å². The van der Waals surface area contributed by atoms with Crippen LogP contribution < -0.4 is 10.1 Å². The molecule has 0 aliphatic carbocycles. The van der Waals surface area contributed by atoms with Crippen molar-refractivity contribution in [1.29, 1.82) is 0 Å². The van der Waals surface area contributed by atoms with Gasteiger partial charge >= 0.3 is 0 Å². The van der Waals surface area contributed by atoms with Crippen LogP contribution in [0.25, 0.3) is 0 Å². The predicted octanol–water partition coefficient (Wildman–Crippen LogP) is 3.55. The minimum absolute atomic E-state index is 0.271. The van der Waals surface area contributed by atoms with Crippen molar-refractivity contribution >= 4 is 11.6 Å². The lowest BCUT2D eigenvalue weighted by atomic mass is 10.2. The highest BCUT2D eigenvalue weighted by Crippen LogP contribution is 2.18. The van der Waals surface area contributed by atoms with E-state index in [1.807, 2.05) is 30.5 Å². The van der Waals surface area contributed by atoms with Gasteiger partial charge in [-0.25, -0.2) is 0 Å². The molecular weight excluding hydrogens is 292 g/mol. The van der Waals surface area contributed by atoms with Gasteiger partial charge in [-0.2, -0.15) is 0 Å². The van der Waals surface area contributed by atoms with E-state index in [9.17, 15) is 4.79 Å². The molecule has 0 atom stereocenters. The number of carbonyl (C=O) groups excluding carboxylic acids is 1. The number of amides is 1. The molecule has 0 spiro atoms. The summed E-state index contributed by atoms with van der Waals surface area (Å²) in [6.45, 7) is 0.543. The van der Waals surface area contributed by atoms with Crippen molar-refractivity contribution in [2.45, 2.75) is 6.42 Å². The van der Waals surface area contributed by atoms with Crippen molar-refractivity contribution in [2.75, 3.05) is 11.9 Å². The number of furan rings is 1. The van der Waals surface area contributed by atoms with Crippen LogP contribution in [0.15, 0.2) is 71.6 Å². The third-order valence-corrected chi connectivity index (χ3v) is 3.22. The zero-order chi connectivity index (χ0) is 15.9. The summed E-state index contributed by atoms with van der Waals surface area (Å²) in [7, 11) is 0. The minimum atomic E-state index is -0.289. The molecule has 0 saturated carbocycles. The van der Waals surface area contributed by atoms with Gasteiger partial charge in [0.1, 0.15) is 5.75 Å². The van der Waals surface area contributed by atoms with Gasteiger partial charge in [0.2, 0.25) is 0 Å². The Labute approximate surface area is 133 Å². The van der Waals surface area contributed by atoms with Crippen molar-refractivity contribution in [1.82, 2.24) is 4.98 Å². The second-order valence-corrected chi connectivity index (χ2v) is 4.92. The number of carbonyl (C=O) groups is 1. The highest BCUT2D eigenvalue weighted by atomic mass is 16.5. The van der Waals surface area contributed by atoms with Gasteiger partial charge in [-0.05, 0) is 35.9 Å². The first kappa shape index (κ1) is 14.8. The second kappa shape index (κ2) is 7.26. The van der Waals surface area contributed by atoms with Gasteiger partial charge in [0.25, 0.3) is 5.91 Å². The minimum Gasteiger partial charge on any atom is -0.493 e. The summed E-state index contributed by atoms with van der Waals surface area (Å²) in [5, 5.41) is 2.77. The number of rotatable bonds is 6. The summed E-state index contributed by atoms with van der Waals surface area (Å²) in [5.41, 5.74) is 1.78. The Morgan fingerprint density at radius 3 is 2.91 bits per heavy atom. The summed E-state index contributed by atoms with van der Waals surface area (Å²) in [4.78, 5) is 16.0. The number of pyridine rings is 1. The molecule has 5 heteroatoms. The fourth-order valence-electron chi connectivity index (χ4n) is 2.10. The molecule has 1 aromatic carbocycles. The van der Waals surface area contributed by atoms with E-state index in [4.69, 9.17) is 9.15 Å². The molecule has 0 aliphatic heterocycles. The second-order valence-electron chi connectivity index (χ2n) is 4.92. The smallest absolute Gasteiger partial charge is 0.291 e. The molecule has 0 fully saturated rings. The summed E-state index contributed by atoms with van der Waals surface area (Å²) in [5.74, 6) is 0.682. The first-order valence-corrected chi connectivity index (χ1v) is 7.28. The summed E-state index contributed by atoms with van der Waals surface area (Å²) < 4.78 is 10.8. The highest BCUT2D eigenvalue weighted by Gasteiger charge is 2.08. The highest BCUT2D eigenvalue weighted by molar-refractivity contribution is 6.02. The number of ether oxygens (including phenoxy) is 1. The third-order valence-electron chi connectivity index (χ3n) is 3.22. The molecule has 1 N–H and O–H groups in total. The molecule has 3 aromatic rings. The number of benzene rings is 1. The molecule has 2 heterocycles. The largest absolute Gasteiger partial charge is 0.493 e. The standard InChI is InChI=1S/C18H16N2O3/c21-18(17-7-3-10-23-17)20-15-5-1-6-16(12-15)22-11-8-14-4-2-9-19-13-14/h1-7,9-10,12-13H,8,11H2,(H,20,21). The number of aromatic nitrogens is 1. The van der Waals surface area contributed by atoms with E-state index in [1.54, 1.807) is 30.5 Å². The van der Waals surface area contributed by atoms with Crippen molar-refractivity contribution < 1.29 is 13.9 Å². The average molecular weight is 308 g/mol. The Bertz CT molecular complexity index is 755. The summed E-state index contributed by atoms with van der Waals surface area (Å²) in [6.07, 6.45) is 5.81. The molecule has 0 aliphatic rings. The fraction of sp³-hybridized carbons (Fsp3) is 0.111. The molecular formula is C18H16N2O3. The zero-order valence-electron chi connectivity index (χ0n) is 12.4. The van der Waals surface area contributed by atoms with E-state index >= 15 is 0 Å². The molecule has 3 rings (SSSR count). The Morgan fingerprint density at radius 1 is 1.17 bits per heavy atom. The molecule has 5 nitrogen and oxygen atoms in total. The van der Waals surface area contributed by atoms with Crippen LogP contribution in [0.1, 0.15) is 16.1 Å². The Balaban J connectivity index is 1.56. The number of nitrogens with zero attached hydrogens (tertiary/aromatic N) is 1. The van der Waals surface area contributed by atoms with E-state index in [1.165, 1.54) is 6.26 Å². The normalized spacial score (nSPS) is 10.3. The van der Waals surface area contributed by atoms with Gasteiger partial charge in [0, 0.05) is 30.6 Å². The maximum Gasteiger partial charge on any atom is 0.291 e. The van der Waals surface area contributed by atoms with Crippen LogP contribution in [0.2, 0.25) is 0 Å². The third kappa shape index (κ3) is 4.20. The Morgan fingerprint density at radius 2 is 2.13 bits per heavy atom. The molecule has 0 unspecified atom stereocenters. The molecule has 0 radical (unpaired) electrons. The van der Waals surface area contributed by atoms with E-state index in [-0.39, 0.29) is 11.7 Å². The molecule has 23 heavy (non-hydrogen) atoms. The molecule has 0 saturated heterocycles. The van der Waals surface area contributed by atoms with Crippen molar-refractivity contribution in [3.63, 3.8) is 0 Å². The predicted molar refractivity (Wildman–Crippen MR) is 86.5 cm³/mol. The van der Waals surface area contributed by atoms with Gasteiger partial charge in [-0.15, -0.1) is 0 Å². The zero-order valence-corrected chi connectivity index (χ0v) is 12.4. The molecule has 116 valence electrons. The lowest BCUT2D eigenvalue weighted by Gasteiger charge is -2.08. The van der Waals surface area contributed by atoms with Gasteiger partial charge in [0.15, 0.2) is 5.76 Å². The first-order chi connectivity index (χ1) is 11.3. The summed E-state index contributed by atoms with van der Waals surface area (Å²) in [6, 6.07) is 14.5. The average Bonchev–Trinajstić information content (AvgIpc) is 3.11. The Hall–Kier alpha value is -3.08. The quantitative estimate of drug-likeness (QED) is 0.756. The van der Waals surface area contributed by atoms with Crippen molar-refractivity contribution in [3.05, 3.63) is 78.5 Å². The van der Waals surface area contributed by atoms with Crippen LogP contribution in [-0.4, -0.2) is 17.5 Å². The summed E-state index contributed by atoms with van der Waals surface area (Å²) >= 11 is 0. The number of nitrogens with one attached hydrogen (secondary N) is 1. The van der Waals surface area contributed by atoms with Crippen molar-refractivity contribution in [2.24, 2.45) is 0 Å². The van der Waals surface area contributed by atoms with E-state index in [2.05, 4.69) is 10.3 Å². The lowest BCUT2D eigenvalue weighted by Crippen LogP contribution is -2.11. The van der Waals surface area contributed by atoms with E-state index in [0.29, 0.717) is 18.0 Å². The van der Waals surface area contributed by atoms with E-state index < -0.39 is 0 Å². The number of hydrogen-bond donors (Lipinski definition) is 1. The fourth-order valence-corrected chi connectivity index (χ4v) is 2.10. The van der Waals surface area contributed by atoms with Crippen LogP contribution in [0.3, 0.4) is 0 Å². The van der Waals surface area contributed by atoms with Crippen molar-refractivity contribution in [3.8, 4) is 5.75 Å². The lowest BCUT2D eigenvalue weighted by molar-refractivity contribution is 0.0996. The Kier molecular flexibility index (Phi) is 4.69. The molecule has 1 amide bonds. The molecule has 0 bridgehead atoms. The van der Waals surface area contributed by atoms with Crippen LogP contribution >= 0.6 is 0 Å². The van der Waals surface area contributed by atoms with Gasteiger partial charge in [-0.3, -0.25) is 9.78 Å². The number of hydrogen-bond acceptors (Lipinski definition) is 4. The molecule has 2 aromatic heterocycles. The van der Waals surface area contributed by atoms with Gasteiger partial charge in [-0.1, -0.05) is 12.1 Å². The van der Waals surface area contributed by atoms with Gasteiger partial charge < -0.3 is 14.5 Å². The topological polar surface area (TPSA) is 64.4 Å². The number of anilines is 1. The van der Waals surface area contributed by atoms with Gasteiger partial charge in [0.05, 0.1) is 12.9 Å². The van der Waals surface area contributed by atoms with E-state index in [0.717, 1.165) is 12.0 Å². The first-order valence-electron chi connectivity index (χ1n) is 7.28. The van der Waals surface area contributed by atoms with Crippen LogP contribution in [0.4, 0.5) is 5.69 Å². The maximum atomic E-state index is 11.9. The van der Waals surface area contributed by atoms with Crippen LogP contribution in [0, 0.1) is 0 Å². The van der Waals surface area contributed by atoms with Crippen LogP contribution in [-0.2, 0) is 6.42 Å². The maximum absolute atomic E-state index is 11.9. The monoisotopic (exact) mass is 308 g/mol. The SMILES string of the molecule is O=C(Nc1cccc(OCCc2cccnc2)c1)c1ccco1.